The van der Waals surface area contributed by atoms with Gasteiger partial charge in [-0.2, -0.15) is 0 Å². The van der Waals surface area contributed by atoms with Gasteiger partial charge in [0, 0.05) is 55.4 Å². The van der Waals surface area contributed by atoms with Crippen molar-refractivity contribution in [2.45, 2.75) is 12.5 Å². The van der Waals surface area contributed by atoms with Gasteiger partial charge in [0.2, 0.25) is 5.95 Å². The zero-order chi connectivity index (χ0) is 15.4. The number of hydrogen-bond acceptors (Lipinski definition) is 6. The molecule has 1 N–H and O–H groups in total. The molecular weight excluding hydrogens is 280 g/mol. The summed E-state index contributed by atoms with van der Waals surface area (Å²) >= 11 is 0. The van der Waals surface area contributed by atoms with Crippen molar-refractivity contribution < 1.29 is 9.47 Å². The number of nitrogens with one attached hydrogen (secondary N) is 1. The van der Waals surface area contributed by atoms with Gasteiger partial charge in [-0.1, -0.05) is 0 Å². The van der Waals surface area contributed by atoms with Crippen LogP contribution < -0.4 is 19.7 Å². The Morgan fingerprint density at radius 2 is 1.77 bits per heavy atom. The number of aromatic nitrogens is 2. The molecule has 1 aromatic heterocycles. The van der Waals surface area contributed by atoms with E-state index in [2.05, 4.69) is 20.2 Å². The highest BCUT2D eigenvalue weighted by Gasteiger charge is 2.24. The fraction of sp³-hybridized carbons (Fsp3) is 0.375. The van der Waals surface area contributed by atoms with Crippen LogP contribution in [0, 0.1) is 0 Å². The number of hydrogen-bond donors (Lipinski definition) is 1. The maximum absolute atomic E-state index is 5.34. The summed E-state index contributed by atoms with van der Waals surface area (Å²) in [5.41, 5.74) is 1.11. The minimum Gasteiger partial charge on any atom is -0.497 e. The molecule has 0 spiro atoms. The van der Waals surface area contributed by atoms with Crippen LogP contribution in [-0.4, -0.2) is 43.3 Å². The molecule has 2 heterocycles. The molecule has 1 aromatic carbocycles. The van der Waals surface area contributed by atoms with Gasteiger partial charge in [-0.25, -0.2) is 9.97 Å². The monoisotopic (exact) mass is 300 g/mol. The van der Waals surface area contributed by atoms with Crippen LogP contribution in [0.5, 0.6) is 11.5 Å². The Morgan fingerprint density at radius 1 is 1.09 bits per heavy atom. The predicted octanol–water partition coefficient (Wildman–Crippen LogP) is 2.18. The molecular formula is C16H20N4O2. The topological polar surface area (TPSA) is 59.5 Å². The highest BCUT2D eigenvalue weighted by Crippen LogP contribution is 2.30. The number of anilines is 2. The van der Waals surface area contributed by atoms with Gasteiger partial charge in [0.1, 0.15) is 11.5 Å². The van der Waals surface area contributed by atoms with Crippen LogP contribution in [0.2, 0.25) is 0 Å². The first-order chi connectivity index (χ1) is 10.8. The van der Waals surface area contributed by atoms with Gasteiger partial charge in [-0.05, 0) is 12.5 Å². The highest BCUT2D eigenvalue weighted by molar-refractivity contribution is 5.56. The summed E-state index contributed by atoms with van der Waals surface area (Å²) in [5, 5.41) is 3.37. The number of rotatable bonds is 5. The van der Waals surface area contributed by atoms with E-state index in [9.17, 15) is 0 Å². The van der Waals surface area contributed by atoms with E-state index >= 15 is 0 Å². The number of methoxy groups -OCH3 is 2. The molecule has 1 atom stereocenters. The molecule has 116 valence electrons. The fourth-order valence-electron chi connectivity index (χ4n) is 2.64. The van der Waals surface area contributed by atoms with Crippen molar-refractivity contribution in [3.8, 4) is 11.5 Å². The van der Waals surface area contributed by atoms with Gasteiger partial charge in [-0.3, -0.25) is 0 Å². The number of ether oxygens (including phenoxy) is 2. The van der Waals surface area contributed by atoms with E-state index in [1.54, 1.807) is 26.6 Å². The van der Waals surface area contributed by atoms with Crippen molar-refractivity contribution in [2.75, 3.05) is 37.5 Å². The van der Waals surface area contributed by atoms with Gasteiger partial charge in [-0.15, -0.1) is 0 Å². The zero-order valence-corrected chi connectivity index (χ0v) is 12.8. The first-order valence-electron chi connectivity index (χ1n) is 7.30. The van der Waals surface area contributed by atoms with Gasteiger partial charge in [0.15, 0.2) is 0 Å². The molecule has 0 bridgehead atoms. The standard InChI is InChI=1S/C16H20N4O2/c1-21-14-8-13(9-15(10-14)22-2)20-7-4-12(11-20)19-16-17-5-3-6-18-16/h3,5-6,8-10,12H,4,7,11H2,1-2H3,(H,17,18,19)/t12-/m1/s1. The lowest BCUT2D eigenvalue weighted by Crippen LogP contribution is -2.26. The van der Waals surface area contributed by atoms with Crippen molar-refractivity contribution in [3.05, 3.63) is 36.7 Å². The third kappa shape index (κ3) is 3.21. The lowest BCUT2D eigenvalue weighted by molar-refractivity contribution is 0.394. The zero-order valence-electron chi connectivity index (χ0n) is 12.8. The van der Waals surface area contributed by atoms with Crippen LogP contribution in [-0.2, 0) is 0 Å². The Labute approximate surface area is 130 Å². The first kappa shape index (κ1) is 14.4. The van der Waals surface area contributed by atoms with Gasteiger partial charge in [0.25, 0.3) is 0 Å². The molecule has 3 rings (SSSR count). The highest BCUT2D eigenvalue weighted by atomic mass is 16.5. The Kier molecular flexibility index (Phi) is 4.27. The van der Waals surface area contributed by atoms with E-state index < -0.39 is 0 Å². The Bertz CT molecular complexity index is 599. The van der Waals surface area contributed by atoms with Crippen LogP contribution in [0.4, 0.5) is 11.6 Å². The third-order valence-corrected chi connectivity index (χ3v) is 3.79. The Balaban J connectivity index is 1.69. The minimum absolute atomic E-state index is 0.333. The summed E-state index contributed by atoms with van der Waals surface area (Å²) in [5.74, 6) is 2.28. The molecule has 6 heteroatoms. The molecule has 0 saturated carbocycles. The summed E-state index contributed by atoms with van der Waals surface area (Å²) < 4.78 is 10.7. The summed E-state index contributed by atoms with van der Waals surface area (Å²) in [4.78, 5) is 10.7. The van der Waals surface area contributed by atoms with Crippen LogP contribution in [0.15, 0.2) is 36.7 Å². The van der Waals surface area contributed by atoms with Crippen molar-refractivity contribution in [1.82, 2.24) is 9.97 Å². The summed E-state index contributed by atoms with van der Waals surface area (Å²) in [6.07, 6.45) is 4.53. The average molecular weight is 300 g/mol. The van der Waals surface area contributed by atoms with Crippen LogP contribution >= 0.6 is 0 Å². The molecule has 0 unspecified atom stereocenters. The summed E-state index contributed by atoms with van der Waals surface area (Å²) in [6.45, 7) is 1.87. The van der Waals surface area contributed by atoms with E-state index in [1.807, 2.05) is 24.3 Å². The molecule has 1 aliphatic rings. The SMILES string of the molecule is COc1cc(OC)cc(N2CC[C@@H](Nc3ncccn3)C2)c1. The maximum Gasteiger partial charge on any atom is 0.222 e. The van der Waals surface area contributed by atoms with Gasteiger partial charge in [0.05, 0.1) is 14.2 Å². The minimum atomic E-state index is 0.333. The molecule has 0 radical (unpaired) electrons. The molecule has 22 heavy (non-hydrogen) atoms. The van der Waals surface area contributed by atoms with Crippen molar-refractivity contribution in [1.29, 1.82) is 0 Å². The molecule has 0 aliphatic carbocycles. The van der Waals surface area contributed by atoms with Crippen molar-refractivity contribution in [2.24, 2.45) is 0 Å². The largest absolute Gasteiger partial charge is 0.497 e. The van der Waals surface area contributed by atoms with Crippen LogP contribution in [0.3, 0.4) is 0 Å². The second kappa shape index (κ2) is 6.51. The molecule has 6 nitrogen and oxygen atoms in total. The molecule has 0 amide bonds. The molecule has 1 saturated heterocycles. The van der Waals surface area contributed by atoms with Gasteiger partial charge < -0.3 is 19.7 Å². The average Bonchev–Trinajstić information content (AvgIpc) is 3.03. The van der Waals surface area contributed by atoms with Crippen LogP contribution in [0.1, 0.15) is 6.42 Å². The third-order valence-electron chi connectivity index (χ3n) is 3.79. The number of nitrogens with zero attached hydrogens (tertiary/aromatic N) is 3. The van der Waals surface area contributed by atoms with Gasteiger partial charge >= 0.3 is 0 Å². The molecule has 1 aliphatic heterocycles. The lowest BCUT2D eigenvalue weighted by atomic mass is 10.2. The van der Waals surface area contributed by atoms with E-state index in [0.717, 1.165) is 36.7 Å². The normalized spacial score (nSPS) is 17.4. The van der Waals surface area contributed by atoms with E-state index in [-0.39, 0.29) is 0 Å². The Morgan fingerprint density at radius 3 is 2.41 bits per heavy atom. The quantitative estimate of drug-likeness (QED) is 0.913. The second-order valence-corrected chi connectivity index (χ2v) is 5.22. The van der Waals surface area contributed by atoms with E-state index in [4.69, 9.17) is 9.47 Å². The summed E-state index contributed by atoms with van der Waals surface area (Å²) in [6, 6.07) is 8.09. The summed E-state index contributed by atoms with van der Waals surface area (Å²) in [7, 11) is 3.33. The fourth-order valence-corrected chi connectivity index (χ4v) is 2.64. The van der Waals surface area contributed by atoms with E-state index in [1.165, 1.54) is 0 Å². The van der Waals surface area contributed by atoms with Crippen LogP contribution in [0.25, 0.3) is 0 Å². The Hall–Kier alpha value is -2.50. The predicted molar refractivity (Wildman–Crippen MR) is 85.8 cm³/mol. The molecule has 2 aromatic rings. The smallest absolute Gasteiger partial charge is 0.222 e. The second-order valence-electron chi connectivity index (χ2n) is 5.22. The maximum atomic E-state index is 5.34. The van der Waals surface area contributed by atoms with Crippen molar-refractivity contribution in [3.63, 3.8) is 0 Å². The van der Waals surface area contributed by atoms with Crippen molar-refractivity contribution >= 4 is 11.6 Å². The first-order valence-corrected chi connectivity index (χ1v) is 7.30. The lowest BCUT2D eigenvalue weighted by Gasteiger charge is -2.20. The number of benzene rings is 1. The van der Waals surface area contributed by atoms with E-state index in [0.29, 0.717) is 12.0 Å². The molecule has 1 fully saturated rings.